The number of hydrogen-bond donors (Lipinski definition) is 1. The third-order valence-corrected chi connectivity index (χ3v) is 3.44. The molecule has 23 heavy (non-hydrogen) atoms. The Morgan fingerprint density at radius 1 is 1.26 bits per heavy atom. The Labute approximate surface area is 144 Å². The largest absolute Gasteiger partial charge is 0.493 e. The summed E-state index contributed by atoms with van der Waals surface area (Å²) in [5.74, 6) is 0.931. The van der Waals surface area contributed by atoms with Crippen molar-refractivity contribution in [2.24, 2.45) is 11.0 Å². The Hall–Kier alpha value is -2.14. The van der Waals surface area contributed by atoms with Gasteiger partial charge < -0.3 is 4.74 Å². The lowest BCUT2D eigenvalue weighted by Crippen LogP contribution is -2.17. The fourth-order valence-electron chi connectivity index (χ4n) is 1.83. The fourth-order valence-corrected chi connectivity index (χ4v) is 2.23. The number of carbonyl (C=O) groups excluding carboxylic acids is 1. The quantitative estimate of drug-likeness (QED) is 0.606. The number of amides is 1. The summed E-state index contributed by atoms with van der Waals surface area (Å²) in [6.45, 7) is 4.82. The first-order valence-electron chi connectivity index (χ1n) is 7.37. The van der Waals surface area contributed by atoms with Crippen molar-refractivity contribution in [1.29, 1.82) is 0 Å². The second kappa shape index (κ2) is 8.48. The van der Waals surface area contributed by atoms with Crippen LogP contribution in [0.1, 0.15) is 29.8 Å². The van der Waals surface area contributed by atoms with Gasteiger partial charge in [-0.15, -0.1) is 0 Å². The van der Waals surface area contributed by atoms with Gasteiger partial charge in [-0.2, -0.15) is 5.10 Å². The molecule has 2 aromatic rings. The van der Waals surface area contributed by atoms with Gasteiger partial charge >= 0.3 is 0 Å². The van der Waals surface area contributed by atoms with Gasteiger partial charge in [-0.25, -0.2) is 5.43 Å². The number of nitrogens with zero attached hydrogens (tertiary/aromatic N) is 1. The van der Waals surface area contributed by atoms with E-state index in [1.165, 1.54) is 0 Å². The Morgan fingerprint density at radius 2 is 2.04 bits per heavy atom. The van der Waals surface area contributed by atoms with Crippen LogP contribution in [-0.4, -0.2) is 18.7 Å². The van der Waals surface area contributed by atoms with Crippen LogP contribution >= 0.6 is 15.9 Å². The maximum absolute atomic E-state index is 12.0. The maximum atomic E-state index is 12.0. The van der Waals surface area contributed by atoms with Gasteiger partial charge in [-0.3, -0.25) is 4.79 Å². The third kappa shape index (κ3) is 5.53. The van der Waals surface area contributed by atoms with Gasteiger partial charge in [0.15, 0.2) is 0 Å². The van der Waals surface area contributed by atoms with Gasteiger partial charge in [-0.1, -0.05) is 48.0 Å². The number of ether oxygens (including phenoxy) is 1. The Morgan fingerprint density at radius 3 is 2.78 bits per heavy atom. The summed E-state index contributed by atoms with van der Waals surface area (Å²) in [4.78, 5) is 12.0. The van der Waals surface area contributed by atoms with Crippen molar-refractivity contribution < 1.29 is 9.53 Å². The van der Waals surface area contributed by atoms with E-state index in [1.54, 1.807) is 24.4 Å². The first kappa shape index (κ1) is 17.2. The molecule has 0 heterocycles. The molecule has 0 radical (unpaired) electrons. The van der Waals surface area contributed by atoms with E-state index in [4.69, 9.17) is 4.74 Å². The molecule has 0 atom stereocenters. The predicted molar refractivity (Wildman–Crippen MR) is 96.0 cm³/mol. The number of halogens is 1. The van der Waals surface area contributed by atoms with Crippen LogP contribution in [0.2, 0.25) is 0 Å². The zero-order valence-electron chi connectivity index (χ0n) is 13.1. The van der Waals surface area contributed by atoms with Crippen LogP contribution < -0.4 is 10.2 Å². The Kier molecular flexibility index (Phi) is 6.35. The van der Waals surface area contributed by atoms with Crippen LogP contribution in [0.4, 0.5) is 0 Å². The van der Waals surface area contributed by atoms with Crippen molar-refractivity contribution >= 4 is 28.1 Å². The summed E-state index contributed by atoms with van der Waals surface area (Å²) < 4.78 is 6.59. The molecule has 1 amide bonds. The van der Waals surface area contributed by atoms with Gasteiger partial charge in [0.2, 0.25) is 0 Å². The van der Waals surface area contributed by atoms with Crippen LogP contribution in [0.3, 0.4) is 0 Å². The highest BCUT2D eigenvalue weighted by Gasteiger charge is 2.05. The van der Waals surface area contributed by atoms with E-state index in [0.717, 1.165) is 15.8 Å². The zero-order valence-corrected chi connectivity index (χ0v) is 14.7. The lowest BCUT2D eigenvalue weighted by atomic mass is 10.2. The molecule has 4 nitrogen and oxygen atoms in total. The first-order chi connectivity index (χ1) is 11.1. The summed E-state index contributed by atoms with van der Waals surface area (Å²) in [5, 5.41) is 4.02. The highest BCUT2D eigenvalue weighted by Crippen LogP contribution is 2.16. The SMILES string of the molecule is CC(C)COc1ccccc1/C=N\NC(=O)c1cccc(Br)c1. The van der Waals surface area contributed by atoms with E-state index >= 15 is 0 Å². The van der Waals surface area contributed by atoms with Crippen LogP contribution in [0.25, 0.3) is 0 Å². The second-order valence-electron chi connectivity index (χ2n) is 5.45. The lowest BCUT2D eigenvalue weighted by molar-refractivity contribution is 0.0955. The van der Waals surface area contributed by atoms with E-state index in [-0.39, 0.29) is 5.91 Å². The van der Waals surface area contributed by atoms with Gasteiger partial charge in [-0.05, 0) is 36.2 Å². The average Bonchev–Trinajstić information content (AvgIpc) is 2.53. The molecule has 0 saturated heterocycles. The number of hydrazone groups is 1. The molecule has 0 fully saturated rings. The Balaban J connectivity index is 2.01. The first-order valence-corrected chi connectivity index (χ1v) is 8.16. The summed E-state index contributed by atoms with van der Waals surface area (Å²) >= 11 is 3.34. The normalized spacial score (nSPS) is 11.0. The minimum Gasteiger partial charge on any atom is -0.493 e. The van der Waals surface area contributed by atoms with Crippen molar-refractivity contribution in [2.75, 3.05) is 6.61 Å². The monoisotopic (exact) mass is 374 g/mol. The highest BCUT2D eigenvalue weighted by molar-refractivity contribution is 9.10. The molecule has 0 bridgehead atoms. The second-order valence-corrected chi connectivity index (χ2v) is 6.37. The van der Waals surface area contributed by atoms with Crippen molar-refractivity contribution in [1.82, 2.24) is 5.43 Å². The number of nitrogens with one attached hydrogen (secondary N) is 1. The van der Waals surface area contributed by atoms with E-state index < -0.39 is 0 Å². The average molecular weight is 375 g/mol. The lowest BCUT2D eigenvalue weighted by Gasteiger charge is -2.10. The van der Waals surface area contributed by atoms with Gasteiger partial charge in [0.05, 0.1) is 12.8 Å². The molecule has 2 aromatic carbocycles. The maximum Gasteiger partial charge on any atom is 0.271 e. The zero-order chi connectivity index (χ0) is 16.7. The summed E-state index contributed by atoms with van der Waals surface area (Å²) in [5.41, 5.74) is 3.89. The van der Waals surface area contributed by atoms with E-state index in [0.29, 0.717) is 18.1 Å². The number of hydrogen-bond acceptors (Lipinski definition) is 3. The topological polar surface area (TPSA) is 50.7 Å². The molecule has 0 unspecified atom stereocenters. The minimum atomic E-state index is -0.261. The van der Waals surface area contributed by atoms with Crippen LogP contribution in [0, 0.1) is 5.92 Å². The summed E-state index contributed by atoms with van der Waals surface area (Å²) in [6, 6.07) is 14.7. The fraction of sp³-hybridized carbons (Fsp3) is 0.222. The molecule has 0 aliphatic carbocycles. The number of para-hydroxylation sites is 1. The predicted octanol–water partition coefficient (Wildman–Crippen LogP) is 4.25. The van der Waals surface area contributed by atoms with Crippen molar-refractivity contribution in [2.45, 2.75) is 13.8 Å². The van der Waals surface area contributed by atoms with Crippen LogP contribution in [0.5, 0.6) is 5.75 Å². The summed E-state index contributed by atoms with van der Waals surface area (Å²) in [6.07, 6.45) is 1.59. The molecule has 0 aliphatic heterocycles. The number of carbonyl (C=O) groups is 1. The van der Waals surface area contributed by atoms with Crippen LogP contribution in [-0.2, 0) is 0 Å². The number of benzene rings is 2. The molecule has 5 heteroatoms. The van der Waals surface area contributed by atoms with E-state index in [1.807, 2.05) is 30.3 Å². The smallest absolute Gasteiger partial charge is 0.271 e. The standard InChI is InChI=1S/C18H19BrN2O2/c1-13(2)12-23-17-9-4-3-6-15(17)11-20-21-18(22)14-7-5-8-16(19)10-14/h3-11,13H,12H2,1-2H3,(H,21,22)/b20-11-. The molecule has 0 saturated carbocycles. The Bertz CT molecular complexity index is 699. The van der Waals surface area contributed by atoms with Gasteiger partial charge in [0.25, 0.3) is 5.91 Å². The molecular weight excluding hydrogens is 356 g/mol. The van der Waals surface area contributed by atoms with Crippen LogP contribution in [0.15, 0.2) is 58.1 Å². The minimum absolute atomic E-state index is 0.261. The summed E-state index contributed by atoms with van der Waals surface area (Å²) in [7, 11) is 0. The molecular formula is C18H19BrN2O2. The molecule has 0 spiro atoms. The van der Waals surface area contributed by atoms with Crippen molar-refractivity contribution in [3.8, 4) is 5.75 Å². The highest BCUT2D eigenvalue weighted by atomic mass is 79.9. The third-order valence-electron chi connectivity index (χ3n) is 2.95. The number of rotatable bonds is 6. The van der Waals surface area contributed by atoms with Gasteiger partial charge in [0, 0.05) is 15.6 Å². The van der Waals surface area contributed by atoms with Crippen molar-refractivity contribution in [3.63, 3.8) is 0 Å². The molecule has 2 rings (SSSR count). The van der Waals surface area contributed by atoms with Gasteiger partial charge in [0.1, 0.15) is 5.75 Å². The molecule has 1 N–H and O–H groups in total. The molecule has 120 valence electrons. The van der Waals surface area contributed by atoms with E-state index in [9.17, 15) is 4.79 Å². The molecule has 0 aromatic heterocycles. The van der Waals surface area contributed by atoms with Crippen molar-refractivity contribution in [3.05, 3.63) is 64.1 Å². The molecule has 0 aliphatic rings. The van der Waals surface area contributed by atoms with E-state index in [2.05, 4.69) is 40.3 Å².